The summed E-state index contributed by atoms with van der Waals surface area (Å²) in [6, 6.07) is 13.5. The number of hydrogen-bond donors (Lipinski definition) is 0. The summed E-state index contributed by atoms with van der Waals surface area (Å²) < 4.78 is 132. The number of carbonyl (C=O) groups excluding carboxylic acids is 4. The fourth-order valence-corrected chi connectivity index (χ4v) is 13.6. The van der Waals surface area contributed by atoms with Gasteiger partial charge in [0, 0.05) is 53.1 Å². The second kappa shape index (κ2) is 48.4. The molecule has 5 atom stereocenters. The van der Waals surface area contributed by atoms with E-state index in [1.807, 2.05) is 32.9 Å². The van der Waals surface area contributed by atoms with Gasteiger partial charge in [-0.05, 0) is 133 Å². The molecule has 0 aromatic heterocycles. The molecule has 0 fully saturated rings. The fraction of sp³-hybridized carbons (Fsp3) is 0.660. The van der Waals surface area contributed by atoms with Crippen molar-refractivity contribution in [3.8, 4) is 0 Å². The molecule has 0 aliphatic carbocycles. The summed E-state index contributed by atoms with van der Waals surface area (Å²) in [7, 11) is -6.97. The van der Waals surface area contributed by atoms with Gasteiger partial charge < -0.3 is 28.0 Å². The van der Waals surface area contributed by atoms with Gasteiger partial charge in [0.15, 0.2) is 25.2 Å². The van der Waals surface area contributed by atoms with Crippen molar-refractivity contribution in [1.82, 2.24) is 7.42 Å². The minimum absolute atomic E-state index is 0.0196. The Morgan fingerprint density at radius 1 is 0.532 bits per heavy atom. The fourth-order valence-electron chi connectivity index (χ4n) is 4.37. The number of nitrogens with zero attached hydrogens (tertiary/aromatic N) is 2. The highest BCUT2D eigenvalue weighted by molar-refractivity contribution is 8.56. The van der Waals surface area contributed by atoms with Crippen molar-refractivity contribution in [3.05, 3.63) is 59.7 Å². The van der Waals surface area contributed by atoms with Crippen molar-refractivity contribution in [2.24, 2.45) is 0 Å². The van der Waals surface area contributed by atoms with Crippen LogP contribution in [-0.4, -0.2) is 139 Å². The zero-order chi connectivity index (χ0) is 61.8. The predicted molar refractivity (Wildman–Crippen MR) is 322 cm³/mol. The van der Waals surface area contributed by atoms with Gasteiger partial charge in [0.1, 0.15) is 11.9 Å². The van der Waals surface area contributed by atoms with Gasteiger partial charge in [0.25, 0.3) is 33.2 Å². The molecule has 32 heteroatoms. The number of aryl methyl sites for hydroxylation is 1. The Bertz CT molecular complexity index is 2310. The van der Waals surface area contributed by atoms with Gasteiger partial charge in [-0.3, -0.25) is 28.3 Å². The number of ether oxygens (including phenoxy) is 4. The lowest BCUT2D eigenvalue weighted by molar-refractivity contribution is -0.141. The van der Waals surface area contributed by atoms with E-state index >= 15 is 0 Å². The van der Waals surface area contributed by atoms with Crippen molar-refractivity contribution < 1.29 is 91.3 Å². The molecule has 2 aromatic carbocycles. The maximum atomic E-state index is 12.4. The zero-order valence-electron chi connectivity index (χ0n) is 48.7. The number of esters is 4. The highest BCUT2D eigenvalue weighted by Crippen LogP contribution is 2.56. The summed E-state index contributed by atoms with van der Waals surface area (Å²) in [6.45, 7) is 22.8. The van der Waals surface area contributed by atoms with Gasteiger partial charge in [-0.2, -0.15) is 0 Å². The van der Waals surface area contributed by atoms with Crippen LogP contribution in [0.4, 0.5) is 0 Å². The molecule has 0 amide bonds. The van der Waals surface area contributed by atoms with E-state index in [1.54, 1.807) is 91.3 Å². The molecule has 0 saturated carbocycles. The van der Waals surface area contributed by atoms with Crippen LogP contribution in [0.5, 0.6) is 0 Å². The van der Waals surface area contributed by atoms with Crippen molar-refractivity contribution >= 4 is 120 Å². The first-order valence-electron chi connectivity index (χ1n) is 24.6. The summed E-state index contributed by atoms with van der Waals surface area (Å²) >= 11 is 3.94. The minimum Gasteiger partial charge on any atom is -0.454 e. The van der Waals surface area contributed by atoms with Crippen LogP contribution in [0.2, 0.25) is 0 Å². The lowest BCUT2D eigenvalue weighted by atomic mass is 9.99. The van der Waals surface area contributed by atoms with Crippen LogP contribution in [0.1, 0.15) is 118 Å². The number of hydrogen-bond acceptors (Lipinski definition) is 24. The van der Waals surface area contributed by atoms with Crippen molar-refractivity contribution in [2.45, 2.75) is 124 Å². The van der Waals surface area contributed by atoms with Crippen molar-refractivity contribution in [1.29, 1.82) is 0 Å². The van der Waals surface area contributed by atoms with E-state index in [9.17, 15) is 54.3 Å². The lowest BCUT2D eigenvalue weighted by Gasteiger charge is -2.16. The predicted octanol–water partition coefficient (Wildman–Crippen LogP) is 13.3. The molecule has 0 aliphatic rings. The number of benzene rings is 2. The molecule has 458 valence electrons. The Labute approximate surface area is 489 Å². The highest BCUT2D eigenvalue weighted by Gasteiger charge is 2.23. The van der Waals surface area contributed by atoms with E-state index in [2.05, 4.69) is 22.9 Å². The average molecular weight is 1320 g/mol. The molecule has 0 saturated heterocycles. The van der Waals surface area contributed by atoms with E-state index < -0.39 is 49.2 Å². The first-order valence-corrected chi connectivity index (χ1v) is 39.9. The molecule has 0 radical (unpaired) electrons. The SMILES string of the molecule is CCC(=O)OCSN(C)S(=O)(=O)c1ccc(C(C)CC)cc1.CCC(=O)OCSN(C)S(=O)(=O)c1ccc(C)cc1.CCOP(C)(=O)SCOC(=O)CC.CCOP(C)(=O)SCOC(=O)CC.CCO[P+](C)=O.CCO[P+](C)=O. The van der Waals surface area contributed by atoms with E-state index in [0.717, 1.165) is 71.6 Å². The number of sulfonamides is 2. The molecule has 0 N–H and O–H groups in total. The minimum atomic E-state index is -3.59. The lowest BCUT2D eigenvalue weighted by Crippen LogP contribution is -2.21. The highest BCUT2D eigenvalue weighted by atomic mass is 32.7. The Morgan fingerprint density at radius 2 is 0.823 bits per heavy atom. The third-order valence-corrected chi connectivity index (χ3v) is 23.0. The van der Waals surface area contributed by atoms with Gasteiger partial charge in [-0.15, -0.1) is 16.5 Å². The van der Waals surface area contributed by atoms with Crippen molar-refractivity contribution in [2.75, 3.05) is 90.9 Å². The summed E-state index contributed by atoms with van der Waals surface area (Å²) in [5, 5.41) is 0. The maximum absolute atomic E-state index is 12.4. The molecule has 5 unspecified atom stereocenters. The zero-order valence-corrected chi connectivity index (χ0v) is 57.2. The molecule has 2 aromatic rings. The Balaban J connectivity index is -0.000000451. The molecular weight excluding hydrogens is 1230 g/mol. The molecule has 22 nitrogen and oxygen atoms in total. The van der Waals surface area contributed by atoms with Crippen LogP contribution >= 0.6 is 75.9 Å². The molecule has 0 bridgehead atoms. The summed E-state index contributed by atoms with van der Waals surface area (Å²) in [4.78, 5) is 43.8. The van der Waals surface area contributed by atoms with Crippen LogP contribution < -0.4 is 0 Å². The topological polar surface area (TPSA) is 285 Å². The first kappa shape index (κ1) is 83.5. The van der Waals surface area contributed by atoms with E-state index in [1.165, 1.54) is 27.4 Å². The molecule has 2 rings (SSSR count). The Hall–Kier alpha value is -1.96. The standard InChI is InChI=1S/C15H23NO4S2.C12H17NO4S2.2C7H15O4PS.2C3H8O2P/c1-5-12(3)13-7-9-14(10-8-13)22(18,19)16(4)21-11-20-15(17)6-2;1-4-12(14)17-9-18-13(3)19(15,16)11-7-5-10(2)6-8-11;2*1-4-7(8)10-6-13-12(3,9)11-5-2;2*1-3-5-6(2)4/h7-10,12H,5-6,11H2,1-4H3;5-8H,4,9H2,1-3H3;2*4-6H2,1-3H3;2*3H2,1-2H3/q;;;;2*+1. The molecule has 0 spiro atoms. The van der Waals surface area contributed by atoms with Gasteiger partial charge >= 0.3 is 39.9 Å². The molecule has 79 heavy (non-hydrogen) atoms. The quantitative estimate of drug-likeness (QED) is 0.0231. The third-order valence-electron chi connectivity index (χ3n) is 8.78. The van der Waals surface area contributed by atoms with Crippen LogP contribution in [0.25, 0.3) is 0 Å². The maximum Gasteiger partial charge on any atom is 0.504 e. The summed E-state index contributed by atoms with van der Waals surface area (Å²) in [6.07, 6.45) is 2.22. The van der Waals surface area contributed by atoms with Crippen LogP contribution in [0.15, 0.2) is 58.3 Å². The number of carbonyl (C=O) groups is 4. The first-order chi connectivity index (χ1) is 36.8. The second-order valence-electron chi connectivity index (χ2n) is 15.1. The van der Waals surface area contributed by atoms with Gasteiger partial charge in [-0.1, -0.05) is 71.4 Å². The third kappa shape index (κ3) is 45.2. The van der Waals surface area contributed by atoms with Crippen LogP contribution in [0.3, 0.4) is 0 Å². The summed E-state index contributed by atoms with van der Waals surface area (Å²) in [5.41, 5.74) is 2.11. The Morgan fingerprint density at radius 3 is 1.06 bits per heavy atom. The van der Waals surface area contributed by atoms with Crippen LogP contribution in [-0.2, 0) is 94.5 Å². The normalized spacial score (nSPS) is 13.1. The average Bonchev–Trinajstić information content (AvgIpc) is 3.38. The largest absolute Gasteiger partial charge is 0.504 e. The van der Waals surface area contributed by atoms with E-state index in [4.69, 9.17) is 28.0 Å². The molecule has 0 heterocycles. The smallest absolute Gasteiger partial charge is 0.454 e. The van der Waals surface area contributed by atoms with Crippen LogP contribution in [0, 0.1) is 6.92 Å². The monoisotopic (exact) mass is 1310 g/mol. The van der Waals surface area contributed by atoms with Crippen molar-refractivity contribution in [3.63, 3.8) is 0 Å². The summed E-state index contributed by atoms with van der Waals surface area (Å²) in [5.74, 6) is -0.724. The van der Waals surface area contributed by atoms with Gasteiger partial charge in [0.05, 0.1) is 36.2 Å². The second-order valence-corrected chi connectivity index (χ2v) is 34.0. The molecular formula is C47H86N2O20P4S6+2. The van der Waals surface area contributed by atoms with E-state index in [-0.39, 0.29) is 70.3 Å². The van der Waals surface area contributed by atoms with Gasteiger partial charge in [0.2, 0.25) is 0 Å². The van der Waals surface area contributed by atoms with E-state index in [0.29, 0.717) is 45.2 Å². The Kier molecular flexibility index (Phi) is 51.2. The van der Waals surface area contributed by atoms with Gasteiger partial charge in [-0.25, -0.2) is 16.8 Å². The number of rotatable bonds is 30. The molecule has 0 aliphatic heterocycles.